The summed E-state index contributed by atoms with van der Waals surface area (Å²) in [6, 6.07) is 14.9. The molecule has 7 heteroatoms. The second-order valence-electron chi connectivity index (χ2n) is 5.14. The lowest BCUT2D eigenvalue weighted by molar-refractivity contribution is 0.0696. The van der Waals surface area contributed by atoms with E-state index in [0.717, 1.165) is 5.39 Å². The molecule has 24 heavy (non-hydrogen) atoms. The number of nitrogens with zero attached hydrogens (tertiary/aromatic N) is 1. The lowest BCUT2D eigenvalue weighted by atomic mass is 10.1. The zero-order valence-electron chi connectivity index (χ0n) is 12.5. The van der Waals surface area contributed by atoms with Crippen molar-refractivity contribution >= 4 is 26.8 Å². The molecule has 3 aromatic rings. The lowest BCUT2D eigenvalue weighted by Gasteiger charge is -2.09. The fourth-order valence-electron chi connectivity index (χ4n) is 2.38. The van der Waals surface area contributed by atoms with Gasteiger partial charge < -0.3 is 5.11 Å². The fourth-order valence-corrected chi connectivity index (χ4v) is 3.61. The normalized spacial score (nSPS) is 11.5. The van der Waals surface area contributed by atoms with Crippen molar-refractivity contribution in [3.63, 3.8) is 0 Å². The largest absolute Gasteiger partial charge is 0.478 e. The van der Waals surface area contributed by atoms with E-state index in [1.165, 1.54) is 24.4 Å². The number of fused-ring (bicyclic) bond motifs is 1. The predicted molar refractivity (Wildman–Crippen MR) is 89.2 cm³/mol. The van der Waals surface area contributed by atoms with Gasteiger partial charge in [0.2, 0.25) is 10.0 Å². The quantitative estimate of drug-likeness (QED) is 0.742. The third-order valence-electron chi connectivity index (χ3n) is 3.55. The van der Waals surface area contributed by atoms with Gasteiger partial charge in [0.15, 0.2) is 0 Å². The summed E-state index contributed by atoms with van der Waals surface area (Å²) in [4.78, 5) is 15.1. The topological polar surface area (TPSA) is 96.4 Å². The van der Waals surface area contributed by atoms with Crippen LogP contribution in [0.1, 0.15) is 16.1 Å². The van der Waals surface area contributed by atoms with Gasteiger partial charge in [-0.25, -0.2) is 17.9 Å². The summed E-state index contributed by atoms with van der Waals surface area (Å²) in [7, 11) is -3.76. The van der Waals surface area contributed by atoms with Gasteiger partial charge in [0.1, 0.15) is 0 Å². The first-order valence-corrected chi connectivity index (χ1v) is 8.61. The molecule has 0 aliphatic heterocycles. The highest BCUT2D eigenvalue weighted by Crippen LogP contribution is 2.22. The van der Waals surface area contributed by atoms with E-state index in [1.54, 1.807) is 18.2 Å². The molecule has 0 spiro atoms. The minimum atomic E-state index is -3.76. The highest BCUT2D eigenvalue weighted by Gasteiger charge is 2.17. The van der Waals surface area contributed by atoms with Crippen molar-refractivity contribution in [3.05, 3.63) is 72.1 Å². The minimum Gasteiger partial charge on any atom is -0.478 e. The maximum atomic E-state index is 12.6. The number of hydrogen-bond acceptors (Lipinski definition) is 4. The number of benzene rings is 2. The molecule has 0 aliphatic carbocycles. The first-order valence-electron chi connectivity index (χ1n) is 7.13. The second kappa shape index (κ2) is 6.38. The standard InChI is InChI=1S/C17H14N2O4S/c20-17(21)13-8-9-18-14(10-13)11-19-24(22,23)16-7-3-5-12-4-1-2-6-15(12)16/h1-10,19H,11H2,(H,20,21). The number of sulfonamides is 1. The van der Waals surface area contributed by atoms with E-state index in [9.17, 15) is 13.2 Å². The Balaban J connectivity index is 1.89. The van der Waals surface area contributed by atoms with Crippen molar-refractivity contribution in [2.45, 2.75) is 11.4 Å². The first kappa shape index (κ1) is 16.1. The monoisotopic (exact) mass is 342 g/mol. The average Bonchev–Trinajstić information content (AvgIpc) is 2.60. The first-order chi connectivity index (χ1) is 11.5. The summed E-state index contributed by atoms with van der Waals surface area (Å²) >= 11 is 0. The van der Waals surface area contributed by atoms with Gasteiger partial charge in [-0.05, 0) is 23.6 Å². The molecule has 0 unspecified atom stereocenters. The Hall–Kier alpha value is -2.77. The van der Waals surface area contributed by atoms with Crippen molar-refractivity contribution < 1.29 is 18.3 Å². The predicted octanol–water partition coefficient (Wildman–Crippen LogP) is 2.41. The number of carbonyl (C=O) groups is 1. The van der Waals surface area contributed by atoms with Crippen LogP contribution in [-0.2, 0) is 16.6 Å². The molecule has 1 aromatic heterocycles. The molecule has 0 aliphatic rings. The molecule has 0 amide bonds. The number of rotatable bonds is 5. The van der Waals surface area contributed by atoms with Crippen LogP contribution >= 0.6 is 0 Å². The molecule has 0 radical (unpaired) electrons. The molecule has 0 bridgehead atoms. The maximum absolute atomic E-state index is 12.6. The second-order valence-corrected chi connectivity index (χ2v) is 6.88. The summed E-state index contributed by atoms with van der Waals surface area (Å²) in [5.41, 5.74) is 0.392. The highest BCUT2D eigenvalue weighted by atomic mass is 32.2. The average molecular weight is 342 g/mol. The summed E-state index contributed by atoms with van der Waals surface area (Å²) in [5, 5.41) is 10.4. The van der Waals surface area contributed by atoms with Crippen LogP contribution in [0.5, 0.6) is 0 Å². The molecule has 3 rings (SSSR count). The summed E-state index contributed by atoms with van der Waals surface area (Å²) in [5.74, 6) is -1.09. The van der Waals surface area contributed by atoms with Crippen LogP contribution in [0.25, 0.3) is 10.8 Å². The number of pyridine rings is 1. The Bertz CT molecular complexity index is 1010. The molecule has 122 valence electrons. The lowest BCUT2D eigenvalue weighted by Crippen LogP contribution is -2.24. The van der Waals surface area contributed by atoms with Gasteiger partial charge in [-0.2, -0.15) is 0 Å². The van der Waals surface area contributed by atoms with Crippen LogP contribution in [0.3, 0.4) is 0 Å². The summed E-state index contributed by atoms with van der Waals surface area (Å²) in [6.07, 6.45) is 1.34. The Kier molecular flexibility index (Phi) is 4.28. The van der Waals surface area contributed by atoms with Gasteiger partial charge in [0.25, 0.3) is 0 Å². The maximum Gasteiger partial charge on any atom is 0.335 e. The Morgan fingerprint density at radius 1 is 1.08 bits per heavy atom. The summed E-state index contributed by atoms with van der Waals surface area (Å²) in [6.45, 7) is -0.0906. The number of aromatic nitrogens is 1. The highest BCUT2D eigenvalue weighted by molar-refractivity contribution is 7.89. The van der Waals surface area contributed by atoms with E-state index < -0.39 is 16.0 Å². The van der Waals surface area contributed by atoms with Gasteiger partial charge >= 0.3 is 5.97 Å². The third kappa shape index (κ3) is 3.27. The van der Waals surface area contributed by atoms with Crippen LogP contribution in [0.2, 0.25) is 0 Å². The van der Waals surface area contributed by atoms with E-state index in [-0.39, 0.29) is 17.0 Å². The zero-order chi connectivity index (χ0) is 17.2. The molecular formula is C17H14N2O4S. The van der Waals surface area contributed by atoms with E-state index in [0.29, 0.717) is 11.1 Å². The van der Waals surface area contributed by atoms with E-state index in [1.807, 2.05) is 18.2 Å². The Morgan fingerprint density at radius 2 is 1.83 bits per heavy atom. The number of nitrogens with one attached hydrogen (secondary N) is 1. The van der Waals surface area contributed by atoms with E-state index >= 15 is 0 Å². The molecule has 1 heterocycles. The van der Waals surface area contributed by atoms with Crippen LogP contribution in [0.15, 0.2) is 65.7 Å². The zero-order valence-corrected chi connectivity index (χ0v) is 13.3. The SMILES string of the molecule is O=C(O)c1ccnc(CNS(=O)(=O)c2cccc3ccccc23)c1. The molecule has 0 atom stereocenters. The van der Waals surface area contributed by atoms with E-state index in [4.69, 9.17) is 5.11 Å². The van der Waals surface area contributed by atoms with Crippen molar-refractivity contribution in [3.8, 4) is 0 Å². The van der Waals surface area contributed by atoms with E-state index in [2.05, 4.69) is 9.71 Å². The van der Waals surface area contributed by atoms with Crippen LogP contribution in [-0.4, -0.2) is 24.5 Å². The molecule has 6 nitrogen and oxygen atoms in total. The number of hydrogen-bond donors (Lipinski definition) is 2. The number of carboxylic acids is 1. The van der Waals surface area contributed by atoms with Gasteiger partial charge in [0.05, 0.1) is 22.7 Å². The van der Waals surface area contributed by atoms with Crippen LogP contribution < -0.4 is 4.72 Å². The molecule has 0 saturated carbocycles. The molecule has 0 saturated heterocycles. The number of aromatic carboxylic acids is 1. The smallest absolute Gasteiger partial charge is 0.335 e. The molecule has 0 fully saturated rings. The Labute approximate surface area is 138 Å². The van der Waals surface area contributed by atoms with Crippen molar-refractivity contribution in [2.24, 2.45) is 0 Å². The molecular weight excluding hydrogens is 328 g/mol. The van der Waals surface area contributed by atoms with Crippen molar-refractivity contribution in [2.75, 3.05) is 0 Å². The minimum absolute atomic E-state index is 0.0596. The van der Waals surface area contributed by atoms with Gasteiger partial charge in [-0.1, -0.05) is 36.4 Å². The molecule has 2 aromatic carbocycles. The van der Waals surface area contributed by atoms with Crippen LogP contribution in [0, 0.1) is 0 Å². The fraction of sp³-hybridized carbons (Fsp3) is 0.0588. The van der Waals surface area contributed by atoms with Gasteiger partial charge in [-0.3, -0.25) is 4.98 Å². The molecule has 2 N–H and O–H groups in total. The van der Waals surface area contributed by atoms with Crippen molar-refractivity contribution in [1.29, 1.82) is 0 Å². The summed E-state index contributed by atoms with van der Waals surface area (Å²) < 4.78 is 27.6. The van der Waals surface area contributed by atoms with Crippen molar-refractivity contribution in [1.82, 2.24) is 9.71 Å². The van der Waals surface area contributed by atoms with Crippen LogP contribution in [0.4, 0.5) is 0 Å². The Morgan fingerprint density at radius 3 is 2.62 bits per heavy atom. The van der Waals surface area contributed by atoms with Gasteiger partial charge in [-0.15, -0.1) is 0 Å². The third-order valence-corrected chi connectivity index (χ3v) is 5.01. The van der Waals surface area contributed by atoms with Gasteiger partial charge in [0, 0.05) is 11.6 Å². The number of carboxylic acid groups (broad SMARTS) is 1.